The van der Waals surface area contributed by atoms with Crippen LogP contribution in [0, 0.1) is 5.41 Å². The quantitative estimate of drug-likeness (QED) is 0.626. The highest BCUT2D eigenvalue weighted by molar-refractivity contribution is 6.99. The van der Waals surface area contributed by atoms with E-state index in [9.17, 15) is 8.78 Å². The molecule has 0 spiro atoms. The number of nitrogens with zero attached hydrogens (tertiary/aromatic N) is 1. The molecule has 2 aromatic carbocycles. The van der Waals surface area contributed by atoms with Gasteiger partial charge in [-0.1, -0.05) is 81.4 Å². The smallest absolute Gasteiger partial charge is 0.261 e. The molecule has 2 nitrogen and oxygen atoms in total. The molecule has 1 aliphatic carbocycles. The minimum atomic E-state index is -2.78. The average Bonchev–Trinajstić information content (AvgIpc) is 3.20. The van der Waals surface area contributed by atoms with Crippen LogP contribution in [-0.4, -0.2) is 45.4 Å². The van der Waals surface area contributed by atoms with Gasteiger partial charge in [0.2, 0.25) is 0 Å². The molecule has 1 saturated heterocycles. The fourth-order valence-corrected chi connectivity index (χ4v) is 9.38. The molecule has 2 aliphatic rings. The van der Waals surface area contributed by atoms with Crippen molar-refractivity contribution < 1.29 is 13.2 Å². The van der Waals surface area contributed by atoms with Gasteiger partial charge in [-0.15, -0.1) is 0 Å². The first-order valence-corrected chi connectivity index (χ1v) is 12.5. The summed E-state index contributed by atoms with van der Waals surface area (Å²) < 4.78 is 35.9. The number of alkyl halides is 2. The van der Waals surface area contributed by atoms with Gasteiger partial charge in [-0.2, -0.15) is 0 Å². The molecule has 1 atom stereocenters. The Bertz CT molecular complexity index is 793. The number of hydrogen-bond acceptors (Lipinski definition) is 2. The maximum Gasteiger partial charge on any atom is 0.261 e. The molecular weight excluding hydrogens is 384 g/mol. The van der Waals surface area contributed by atoms with Crippen LogP contribution >= 0.6 is 0 Å². The second-order valence-electron chi connectivity index (χ2n) is 9.74. The van der Waals surface area contributed by atoms with Gasteiger partial charge in [0.15, 0.2) is 0 Å². The Balaban J connectivity index is 1.73. The van der Waals surface area contributed by atoms with Gasteiger partial charge in [0, 0.05) is 19.6 Å². The molecule has 0 amide bonds. The third-order valence-corrected chi connectivity index (χ3v) is 11.7. The number of likely N-dealkylation sites (tertiary alicyclic amines) is 1. The first-order valence-electron chi connectivity index (χ1n) is 10.6. The molecule has 156 valence electrons. The summed E-state index contributed by atoms with van der Waals surface area (Å²) >= 11 is 0. The maximum absolute atomic E-state index is 14.6. The Kier molecular flexibility index (Phi) is 5.20. The van der Waals surface area contributed by atoms with Crippen LogP contribution in [0.4, 0.5) is 8.78 Å². The van der Waals surface area contributed by atoms with Crippen molar-refractivity contribution in [2.24, 2.45) is 5.41 Å². The van der Waals surface area contributed by atoms with E-state index in [1.54, 1.807) is 0 Å². The van der Waals surface area contributed by atoms with Crippen LogP contribution in [0.5, 0.6) is 0 Å². The van der Waals surface area contributed by atoms with Crippen LogP contribution in [0.25, 0.3) is 0 Å². The maximum atomic E-state index is 14.6. The van der Waals surface area contributed by atoms with Crippen LogP contribution in [0.3, 0.4) is 0 Å². The number of benzene rings is 2. The summed E-state index contributed by atoms with van der Waals surface area (Å²) in [6.45, 7) is 8.97. The molecule has 2 fully saturated rings. The Morgan fingerprint density at radius 1 is 0.931 bits per heavy atom. The molecule has 0 bridgehead atoms. The molecule has 2 aromatic rings. The molecular formula is C24H31F2NOSi. The molecule has 0 N–H and O–H groups in total. The van der Waals surface area contributed by atoms with Gasteiger partial charge in [0.05, 0.1) is 5.41 Å². The van der Waals surface area contributed by atoms with E-state index >= 15 is 0 Å². The van der Waals surface area contributed by atoms with E-state index in [0.29, 0.717) is 6.54 Å². The van der Waals surface area contributed by atoms with Gasteiger partial charge >= 0.3 is 0 Å². The fraction of sp³-hybridized carbons (Fsp3) is 0.500. The molecule has 0 aromatic heterocycles. The average molecular weight is 416 g/mol. The fourth-order valence-electron chi connectivity index (χ4n) is 4.73. The van der Waals surface area contributed by atoms with Crippen LogP contribution in [0.2, 0.25) is 5.04 Å². The van der Waals surface area contributed by atoms with Crippen molar-refractivity contribution in [3.63, 3.8) is 0 Å². The minimum Gasteiger partial charge on any atom is -0.407 e. The van der Waals surface area contributed by atoms with Crippen molar-refractivity contribution in [2.45, 2.75) is 44.6 Å². The standard InChI is InChI=1S/C24H31F2NOSi/c1-22(2,3)29(20-11-6-4-7-12-20,21-13-8-5-9-14-21)28-19-23(17-24(23,25)26)18-27-15-10-16-27/h4-9,11-14H,10,15-19H2,1-3H3. The number of hydrogen-bond donors (Lipinski definition) is 0. The molecule has 0 radical (unpaired) electrons. The predicted molar refractivity (Wildman–Crippen MR) is 117 cm³/mol. The molecule has 1 heterocycles. The Morgan fingerprint density at radius 3 is 1.76 bits per heavy atom. The summed E-state index contributed by atoms with van der Waals surface area (Å²) in [6, 6.07) is 20.5. The van der Waals surface area contributed by atoms with Gasteiger partial charge in [-0.3, -0.25) is 0 Å². The summed E-state index contributed by atoms with van der Waals surface area (Å²) in [5.74, 6) is -2.63. The lowest BCUT2D eigenvalue weighted by atomic mass is 10.0. The number of halogens is 2. The van der Waals surface area contributed by atoms with E-state index in [-0.39, 0.29) is 18.1 Å². The Morgan fingerprint density at radius 2 is 1.41 bits per heavy atom. The van der Waals surface area contributed by atoms with E-state index < -0.39 is 19.7 Å². The van der Waals surface area contributed by atoms with Crippen molar-refractivity contribution in [3.8, 4) is 0 Å². The first kappa shape index (κ1) is 20.7. The van der Waals surface area contributed by atoms with Crippen LogP contribution in [0.15, 0.2) is 60.7 Å². The van der Waals surface area contributed by atoms with Crippen LogP contribution in [-0.2, 0) is 4.43 Å². The van der Waals surface area contributed by atoms with Gasteiger partial charge in [0.1, 0.15) is 0 Å². The molecule has 1 unspecified atom stereocenters. The highest BCUT2D eigenvalue weighted by Gasteiger charge is 2.72. The first-order chi connectivity index (χ1) is 13.7. The monoisotopic (exact) mass is 415 g/mol. The molecule has 4 rings (SSSR count). The van der Waals surface area contributed by atoms with E-state index in [1.807, 2.05) is 36.4 Å². The van der Waals surface area contributed by atoms with Crippen molar-refractivity contribution in [2.75, 3.05) is 26.2 Å². The zero-order chi connectivity index (χ0) is 20.8. The van der Waals surface area contributed by atoms with Gasteiger partial charge in [0.25, 0.3) is 14.2 Å². The van der Waals surface area contributed by atoms with Gasteiger partial charge < -0.3 is 9.33 Å². The van der Waals surface area contributed by atoms with Crippen molar-refractivity contribution in [1.29, 1.82) is 0 Å². The molecule has 5 heteroatoms. The Hall–Kier alpha value is -1.56. The Labute approximate surface area is 174 Å². The van der Waals surface area contributed by atoms with Gasteiger partial charge in [-0.05, 0) is 34.9 Å². The normalized spacial score (nSPS) is 24.2. The lowest BCUT2D eigenvalue weighted by Crippen LogP contribution is -2.67. The largest absolute Gasteiger partial charge is 0.407 e. The second kappa shape index (κ2) is 7.29. The highest BCUT2D eigenvalue weighted by Crippen LogP contribution is 2.61. The summed E-state index contributed by atoms with van der Waals surface area (Å²) in [4.78, 5) is 2.15. The predicted octanol–water partition coefficient (Wildman–Crippen LogP) is 4.29. The van der Waals surface area contributed by atoms with E-state index in [2.05, 4.69) is 49.9 Å². The summed E-state index contributed by atoms with van der Waals surface area (Å²) in [7, 11) is -2.78. The zero-order valence-corrected chi connectivity index (χ0v) is 18.6. The summed E-state index contributed by atoms with van der Waals surface area (Å²) in [5.41, 5.74) is -1.04. The third-order valence-electron chi connectivity index (χ3n) is 6.67. The van der Waals surface area contributed by atoms with Crippen LogP contribution < -0.4 is 10.4 Å². The van der Waals surface area contributed by atoms with Crippen molar-refractivity contribution in [3.05, 3.63) is 60.7 Å². The lowest BCUT2D eigenvalue weighted by molar-refractivity contribution is 0.0107. The minimum absolute atomic E-state index is 0.0608. The summed E-state index contributed by atoms with van der Waals surface area (Å²) in [6.07, 6.45) is 1.05. The van der Waals surface area contributed by atoms with Crippen LogP contribution in [0.1, 0.15) is 33.6 Å². The van der Waals surface area contributed by atoms with Crippen molar-refractivity contribution in [1.82, 2.24) is 4.90 Å². The third kappa shape index (κ3) is 3.58. The van der Waals surface area contributed by atoms with E-state index in [1.165, 1.54) is 0 Å². The molecule has 1 saturated carbocycles. The van der Waals surface area contributed by atoms with E-state index in [0.717, 1.165) is 29.9 Å². The van der Waals surface area contributed by atoms with Crippen molar-refractivity contribution >= 4 is 18.7 Å². The molecule has 1 aliphatic heterocycles. The molecule has 29 heavy (non-hydrogen) atoms. The highest BCUT2D eigenvalue weighted by atomic mass is 28.4. The SMILES string of the molecule is CC(C)(C)[Si](OCC1(CN2CCC2)CC1(F)F)(c1ccccc1)c1ccccc1. The topological polar surface area (TPSA) is 12.5 Å². The lowest BCUT2D eigenvalue weighted by Gasteiger charge is -2.44. The second-order valence-corrected chi connectivity index (χ2v) is 14.0. The number of rotatable bonds is 7. The van der Waals surface area contributed by atoms with E-state index in [4.69, 9.17) is 4.43 Å². The summed E-state index contributed by atoms with van der Waals surface area (Å²) in [5, 5.41) is 2.08. The van der Waals surface area contributed by atoms with Gasteiger partial charge in [-0.25, -0.2) is 8.78 Å². The zero-order valence-electron chi connectivity index (χ0n) is 17.6.